The number of ether oxygens (including phenoxy) is 2. The molecule has 0 aromatic carbocycles. The number of esters is 1. The Morgan fingerprint density at radius 2 is 1.98 bits per heavy atom. The summed E-state index contributed by atoms with van der Waals surface area (Å²) in [6.45, 7) is 10.5. The number of halogens is 1. The predicted molar refractivity (Wildman–Crippen MR) is 172 cm³/mol. The van der Waals surface area contributed by atoms with E-state index in [1.54, 1.807) is 18.7 Å². The average molecular weight is 638 g/mol. The van der Waals surface area contributed by atoms with Crippen molar-refractivity contribution >= 4 is 40.6 Å². The van der Waals surface area contributed by atoms with Gasteiger partial charge >= 0.3 is 11.7 Å². The SMILES string of the molecule is COc1nc(N2C[C@@H](F)C[C@@H]2CN(C)C)c([N+](=O)[O-])cc1Nc1ncc(C(=O)OC(C)C)c(N2CC(C)(C)c3nc(C)ccc32)n1. The number of carbonyl (C=O) groups is 1. The first-order valence-electron chi connectivity index (χ1n) is 15.1. The van der Waals surface area contributed by atoms with Crippen LogP contribution in [0.25, 0.3) is 0 Å². The van der Waals surface area contributed by atoms with Crippen molar-refractivity contribution in [1.29, 1.82) is 0 Å². The van der Waals surface area contributed by atoms with Crippen LogP contribution in [-0.2, 0) is 10.2 Å². The first-order valence-corrected chi connectivity index (χ1v) is 15.1. The van der Waals surface area contributed by atoms with Crippen molar-refractivity contribution in [3.8, 4) is 5.88 Å². The molecule has 2 atom stereocenters. The summed E-state index contributed by atoms with van der Waals surface area (Å²) in [5.41, 5.74) is 2.12. The summed E-state index contributed by atoms with van der Waals surface area (Å²) in [5, 5.41) is 15.3. The van der Waals surface area contributed by atoms with Crippen molar-refractivity contribution < 1.29 is 23.6 Å². The second-order valence-electron chi connectivity index (χ2n) is 12.8. The zero-order chi connectivity index (χ0) is 33.5. The van der Waals surface area contributed by atoms with E-state index < -0.39 is 17.1 Å². The van der Waals surface area contributed by atoms with Gasteiger partial charge in [-0.3, -0.25) is 15.1 Å². The van der Waals surface area contributed by atoms with Crippen molar-refractivity contribution in [2.45, 2.75) is 64.8 Å². The van der Waals surface area contributed by atoms with E-state index in [0.29, 0.717) is 13.1 Å². The molecule has 0 unspecified atom stereocenters. The third-order valence-electron chi connectivity index (χ3n) is 7.88. The van der Waals surface area contributed by atoms with Gasteiger partial charge in [-0.2, -0.15) is 9.97 Å². The zero-order valence-electron chi connectivity index (χ0n) is 27.4. The molecule has 0 bridgehead atoms. The Morgan fingerprint density at radius 1 is 1.24 bits per heavy atom. The second kappa shape index (κ2) is 12.6. The number of carbonyl (C=O) groups excluding carboxylic acids is 1. The molecular weight excluding hydrogens is 597 g/mol. The van der Waals surface area contributed by atoms with Crippen molar-refractivity contribution in [2.75, 3.05) is 56.0 Å². The lowest BCUT2D eigenvalue weighted by Crippen LogP contribution is -2.38. The van der Waals surface area contributed by atoms with Gasteiger partial charge in [-0.25, -0.2) is 14.2 Å². The molecule has 1 fully saturated rings. The molecule has 0 radical (unpaired) electrons. The van der Waals surface area contributed by atoms with Gasteiger partial charge in [-0.05, 0) is 47.0 Å². The monoisotopic (exact) mass is 637 g/mol. The van der Waals surface area contributed by atoms with Crippen LogP contribution >= 0.6 is 0 Å². The molecule has 0 aliphatic carbocycles. The lowest BCUT2D eigenvalue weighted by Gasteiger charge is -2.27. The summed E-state index contributed by atoms with van der Waals surface area (Å²) in [5.74, 6) is -0.207. The van der Waals surface area contributed by atoms with Crippen LogP contribution in [0.2, 0.25) is 0 Å². The number of hydrogen-bond donors (Lipinski definition) is 1. The predicted octanol–water partition coefficient (Wildman–Crippen LogP) is 4.71. The van der Waals surface area contributed by atoms with E-state index in [1.807, 2.05) is 43.0 Å². The van der Waals surface area contributed by atoms with E-state index in [9.17, 15) is 19.3 Å². The van der Waals surface area contributed by atoms with Gasteiger partial charge < -0.3 is 29.5 Å². The molecule has 3 aromatic heterocycles. The van der Waals surface area contributed by atoms with Gasteiger partial charge in [0.25, 0.3) is 0 Å². The number of rotatable bonds is 10. The van der Waals surface area contributed by atoms with Crippen molar-refractivity contribution in [1.82, 2.24) is 24.8 Å². The standard InChI is InChI=1S/C31H40FN9O5/c1-17(2)46-29(42)21-13-33-30(37-26(21)40-16-31(4,5)25-23(40)10-9-18(3)34-25)35-22-12-24(41(43)44)27(36-28(22)45-8)39-14-19(32)11-20(39)15-38(6)7/h9-10,12-13,17,19-20H,11,14-16H2,1-8H3,(H,33,35,37)/t19-,20+/m0/s1. The van der Waals surface area contributed by atoms with Crippen LogP contribution in [0.15, 0.2) is 24.4 Å². The fourth-order valence-corrected chi connectivity index (χ4v) is 5.97. The van der Waals surface area contributed by atoms with Crippen LogP contribution in [0, 0.1) is 17.0 Å². The molecule has 246 valence electrons. The first-order chi connectivity index (χ1) is 21.7. The van der Waals surface area contributed by atoms with E-state index in [4.69, 9.17) is 19.4 Å². The zero-order valence-corrected chi connectivity index (χ0v) is 27.4. The summed E-state index contributed by atoms with van der Waals surface area (Å²) < 4.78 is 25.6. The maximum Gasteiger partial charge on any atom is 0.343 e. The fraction of sp³-hybridized carbons (Fsp3) is 0.516. The minimum Gasteiger partial charge on any atom is -0.479 e. The number of methoxy groups -OCH3 is 1. The quantitative estimate of drug-likeness (QED) is 0.186. The summed E-state index contributed by atoms with van der Waals surface area (Å²) in [6.07, 6.45) is 0.0670. The number of aromatic nitrogens is 4. The van der Waals surface area contributed by atoms with Gasteiger partial charge in [0, 0.05) is 48.9 Å². The van der Waals surface area contributed by atoms with E-state index >= 15 is 0 Å². The largest absolute Gasteiger partial charge is 0.479 e. The van der Waals surface area contributed by atoms with Gasteiger partial charge in [0.15, 0.2) is 5.82 Å². The Kier molecular flexibility index (Phi) is 8.98. The van der Waals surface area contributed by atoms with Crippen molar-refractivity contribution in [2.24, 2.45) is 0 Å². The number of nitro groups is 1. The van der Waals surface area contributed by atoms with Gasteiger partial charge in [-0.1, -0.05) is 13.8 Å². The van der Waals surface area contributed by atoms with Crippen LogP contribution in [0.1, 0.15) is 55.9 Å². The van der Waals surface area contributed by atoms with Gasteiger partial charge in [0.2, 0.25) is 17.6 Å². The minimum absolute atomic E-state index is 0.0199. The molecule has 5 heterocycles. The number of alkyl halides is 1. The number of aryl methyl sites for hydroxylation is 1. The number of hydrogen-bond acceptors (Lipinski definition) is 13. The van der Waals surface area contributed by atoms with E-state index in [2.05, 4.69) is 29.1 Å². The average Bonchev–Trinajstić information content (AvgIpc) is 3.46. The number of likely N-dealkylation sites (N-methyl/N-ethyl adjacent to an activating group) is 1. The third kappa shape index (κ3) is 6.50. The highest BCUT2D eigenvalue weighted by Gasteiger charge is 2.40. The summed E-state index contributed by atoms with van der Waals surface area (Å²) in [6, 6.07) is 4.81. The molecule has 5 rings (SSSR count). The molecule has 2 aliphatic rings. The smallest absolute Gasteiger partial charge is 0.343 e. The molecule has 0 spiro atoms. The fourth-order valence-electron chi connectivity index (χ4n) is 5.97. The molecule has 0 saturated carbocycles. The van der Waals surface area contributed by atoms with E-state index in [0.717, 1.165) is 17.1 Å². The minimum atomic E-state index is -1.15. The van der Waals surface area contributed by atoms with Gasteiger partial charge in [0.1, 0.15) is 17.4 Å². The molecular formula is C31H40FN9O5. The highest BCUT2D eigenvalue weighted by atomic mass is 19.1. The maximum atomic E-state index is 14.6. The Labute approximate surface area is 267 Å². The molecule has 1 N–H and O–H groups in total. The summed E-state index contributed by atoms with van der Waals surface area (Å²) in [7, 11) is 5.11. The van der Waals surface area contributed by atoms with Gasteiger partial charge in [0.05, 0.1) is 36.1 Å². The number of nitrogens with zero attached hydrogens (tertiary/aromatic N) is 8. The maximum absolute atomic E-state index is 14.6. The molecule has 3 aromatic rings. The van der Waals surface area contributed by atoms with E-state index in [1.165, 1.54) is 19.4 Å². The summed E-state index contributed by atoms with van der Waals surface area (Å²) >= 11 is 0. The lowest BCUT2D eigenvalue weighted by molar-refractivity contribution is -0.384. The van der Waals surface area contributed by atoms with Crippen LogP contribution in [-0.4, -0.2) is 94.9 Å². The molecule has 1 saturated heterocycles. The molecule has 2 aliphatic heterocycles. The Bertz CT molecular complexity index is 1650. The van der Waals surface area contributed by atoms with Crippen LogP contribution < -0.4 is 19.9 Å². The van der Waals surface area contributed by atoms with Crippen LogP contribution in [0.5, 0.6) is 5.88 Å². The number of pyridine rings is 2. The van der Waals surface area contributed by atoms with E-state index in [-0.39, 0.29) is 70.9 Å². The van der Waals surface area contributed by atoms with Gasteiger partial charge in [-0.15, -0.1) is 0 Å². The van der Waals surface area contributed by atoms with Crippen LogP contribution in [0.3, 0.4) is 0 Å². The van der Waals surface area contributed by atoms with Crippen molar-refractivity contribution in [3.05, 3.63) is 51.5 Å². The Morgan fingerprint density at radius 3 is 2.63 bits per heavy atom. The lowest BCUT2D eigenvalue weighted by atomic mass is 9.91. The molecule has 15 heteroatoms. The molecule has 14 nitrogen and oxygen atoms in total. The topological polar surface area (TPSA) is 152 Å². The third-order valence-corrected chi connectivity index (χ3v) is 7.88. The highest BCUT2D eigenvalue weighted by Crippen LogP contribution is 2.44. The summed E-state index contributed by atoms with van der Waals surface area (Å²) in [4.78, 5) is 48.7. The highest BCUT2D eigenvalue weighted by molar-refractivity contribution is 5.96. The normalized spacial score (nSPS) is 18.7. The van der Waals surface area contributed by atoms with Crippen LogP contribution in [0.4, 0.5) is 39.0 Å². The number of fused-ring (bicyclic) bond motifs is 1. The Hall–Kier alpha value is -4.66. The second-order valence-corrected chi connectivity index (χ2v) is 12.8. The Balaban J connectivity index is 1.58. The molecule has 46 heavy (non-hydrogen) atoms. The number of anilines is 5. The first kappa shape index (κ1) is 32.7. The number of nitrogens with one attached hydrogen (secondary N) is 1. The van der Waals surface area contributed by atoms with Crippen molar-refractivity contribution in [3.63, 3.8) is 0 Å². The molecule has 0 amide bonds.